The normalized spacial score (nSPS) is 19.9. The number of nitrogens with zero attached hydrogens (tertiary/aromatic N) is 1. The predicted molar refractivity (Wildman–Crippen MR) is 74.8 cm³/mol. The van der Waals surface area contributed by atoms with Gasteiger partial charge in [-0.1, -0.05) is 6.07 Å². The molecule has 0 bridgehead atoms. The fourth-order valence-electron chi connectivity index (χ4n) is 3.08. The van der Waals surface area contributed by atoms with Crippen molar-refractivity contribution in [2.45, 2.75) is 37.6 Å². The van der Waals surface area contributed by atoms with Crippen molar-refractivity contribution in [1.29, 1.82) is 0 Å². The van der Waals surface area contributed by atoms with Gasteiger partial charge in [0.1, 0.15) is 0 Å². The number of fused-ring (bicyclic) bond motifs is 1. The monoisotopic (exact) mass is 274 g/mol. The number of hydrogen-bond donors (Lipinski definition) is 2. The highest BCUT2D eigenvalue weighted by Gasteiger charge is 2.44. The van der Waals surface area contributed by atoms with E-state index in [9.17, 15) is 14.7 Å². The molecule has 5 nitrogen and oxygen atoms in total. The molecule has 2 aliphatic rings. The highest BCUT2D eigenvalue weighted by molar-refractivity contribution is 6.03. The average molecular weight is 274 g/mol. The summed E-state index contributed by atoms with van der Waals surface area (Å²) in [6, 6.07) is 5.11. The third kappa shape index (κ3) is 1.89. The number of amides is 1. The topological polar surface area (TPSA) is 83.6 Å². The molecule has 0 radical (unpaired) electrons. The summed E-state index contributed by atoms with van der Waals surface area (Å²) in [5, 5.41) is 9.25. The van der Waals surface area contributed by atoms with Crippen LogP contribution < -0.4 is 10.6 Å². The van der Waals surface area contributed by atoms with E-state index in [4.69, 9.17) is 5.73 Å². The van der Waals surface area contributed by atoms with Gasteiger partial charge in [0.15, 0.2) is 0 Å². The van der Waals surface area contributed by atoms with Crippen molar-refractivity contribution in [3.63, 3.8) is 0 Å². The van der Waals surface area contributed by atoms with E-state index in [-0.39, 0.29) is 5.91 Å². The van der Waals surface area contributed by atoms with Crippen LogP contribution in [0, 0.1) is 0 Å². The Morgan fingerprint density at radius 2 is 2.00 bits per heavy atom. The molecule has 20 heavy (non-hydrogen) atoms. The van der Waals surface area contributed by atoms with Crippen LogP contribution in [0.3, 0.4) is 0 Å². The van der Waals surface area contributed by atoms with Crippen LogP contribution in [0.25, 0.3) is 0 Å². The summed E-state index contributed by atoms with van der Waals surface area (Å²) in [4.78, 5) is 25.6. The lowest BCUT2D eigenvalue weighted by Gasteiger charge is -2.42. The standard InChI is InChI=1S/C15H18N2O3/c16-15(7-3-8-15)14(20)17-9-2-5-10-11(13(18)19)4-1-6-12(10)17/h1,4,6H,2-3,5,7-9,16H2,(H,18,19). The lowest BCUT2D eigenvalue weighted by atomic mass is 9.76. The second-order valence-electron chi connectivity index (χ2n) is 5.68. The molecule has 1 aromatic carbocycles. The summed E-state index contributed by atoms with van der Waals surface area (Å²) in [6.07, 6.45) is 3.89. The van der Waals surface area contributed by atoms with E-state index in [1.165, 1.54) is 0 Å². The molecule has 5 heteroatoms. The molecule has 1 aliphatic carbocycles. The lowest BCUT2D eigenvalue weighted by molar-refractivity contribution is -0.126. The third-order valence-corrected chi connectivity index (χ3v) is 4.40. The number of aromatic carboxylic acids is 1. The van der Waals surface area contributed by atoms with Crippen molar-refractivity contribution in [3.8, 4) is 0 Å². The van der Waals surface area contributed by atoms with Crippen molar-refractivity contribution in [2.24, 2.45) is 5.73 Å². The fourth-order valence-corrected chi connectivity index (χ4v) is 3.08. The van der Waals surface area contributed by atoms with Crippen LogP contribution in [0.5, 0.6) is 0 Å². The molecule has 3 rings (SSSR count). The zero-order valence-corrected chi connectivity index (χ0v) is 11.3. The summed E-state index contributed by atoms with van der Waals surface area (Å²) in [6.45, 7) is 0.619. The maximum atomic E-state index is 12.6. The number of benzene rings is 1. The first-order valence-corrected chi connectivity index (χ1v) is 6.99. The molecule has 3 N–H and O–H groups in total. The largest absolute Gasteiger partial charge is 0.478 e. The van der Waals surface area contributed by atoms with Crippen molar-refractivity contribution in [3.05, 3.63) is 29.3 Å². The van der Waals surface area contributed by atoms with Crippen LogP contribution in [0.1, 0.15) is 41.6 Å². The minimum Gasteiger partial charge on any atom is -0.478 e. The molecule has 1 amide bonds. The van der Waals surface area contributed by atoms with Crippen LogP contribution in [0.4, 0.5) is 5.69 Å². The van der Waals surface area contributed by atoms with E-state index in [1.54, 1.807) is 17.0 Å². The van der Waals surface area contributed by atoms with Gasteiger partial charge in [-0.2, -0.15) is 0 Å². The van der Waals surface area contributed by atoms with E-state index < -0.39 is 11.5 Å². The summed E-state index contributed by atoms with van der Waals surface area (Å²) < 4.78 is 0. The SMILES string of the molecule is NC1(C(=O)N2CCCc3c(C(=O)O)cccc32)CCC1. The van der Waals surface area contributed by atoms with Gasteiger partial charge in [-0.15, -0.1) is 0 Å². The molecule has 1 aromatic rings. The Balaban J connectivity index is 2.00. The van der Waals surface area contributed by atoms with Crippen molar-refractivity contribution in [2.75, 3.05) is 11.4 Å². The summed E-state index contributed by atoms with van der Waals surface area (Å²) in [7, 11) is 0. The first-order valence-electron chi connectivity index (χ1n) is 6.99. The van der Waals surface area contributed by atoms with Crippen LogP contribution in [0.15, 0.2) is 18.2 Å². The molecule has 1 heterocycles. The van der Waals surface area contributed by atoms with Crippen molar-refractivity contribution < 1.29 is 14.7 Å². The Kier molecular flexibility index (Phi) is 3.01. The van der Waals surface area contributed by atoms with Gasteiger partial charge in [-0.05, 0) is 49.8 Å². The number of hydrogen-bond acceptors (Lipinski definition) is 3. The van der Waals surface area contributed by atoms with Crippen LogP contribution in [0.2, 0.25) is 0 Å². The first-order chi connectivity index (χ1) is 9.53. The fraction of sp³-hybridized carbons (Fsp3) is 0.467. The quantitative estimate of drug-likeness (QED) is 0.857. The molecule has 0 unspecified atom stereocenters. The molecule has 1 saturated carbocycles. The number of carboxylic acid groups (broad SMARTS) is 1. The van der Waals surface area contributed by atoms with Crippen LogP contribution in [-0.2, 0) is 11.2 Å². The van der Waals surface area contributed by atoms with Gasteiger partial charge in [0.25, 0.3) is 0 Å². The Morgan fingerprint density at radius 3 is 2.60 bits per heavy atom. The Labute approximate surface area is 117 Å². The van der Waals surface area contributed by atoms with Crippen LogP contribution in [-0.4, -0.2) is 29.1 Å². The maximum Gasteiger partial charge on any atom is 0.336 e. The van der Waals surface area contributed by atoms with Crippen LogP contribution >= 0.6 is 0 Å². The second kappa shape index (κ2) is 4.59. The highest BCUT2D eigenvalue weighted by Crippen LogP contribution is 2.36. The maximum absolute atomic E-state index is 12.6. The number of carboxylic acids is 1. The van der Waals surface area contributed by atoms with Gasteiger partial charge in [-0.3, -0.25) is 4.79 Å². The number of nitrogens with two attached hydrogens (primary N) is 1. The predicted octanol–water partition coefficient (Wildman–Crippen LogP) is 1.55. The van der Waals surface area contributed by atoms with Crippen molar-refractivity contribution >= 4 is 17.6 Å². The molecular formula is C15H18N2O3. The van der Waals surface area contributed by atoms with E-state index in [0.29, 0.717) is 18.5 Å². The Bertz CT molecular complexity index is 578. The van der Waals surface area contributed by atoms with E-state index in [2.05, 4.69) is 0 Å². The summed E-state index contributed by atoms with van der Waals surface area (Å²) in [5.74, 6) is -1.01. The zero-order valence-electron chi connectivity index (χ0n) is 11.3. The average Bonchev–Trinajstić information content (AvgIpc) is 2.42. The van der Waals surface area contributed by atoms with Gasteiger partial charge in [0.2, 0.25) is 5.91 Å². The molecule has 106 valence electrons. The third-order valence-electron chi connectivity index (χ3n) is 4.40. The van der Waals surface area contributed by atoms with Gasteiger partial charge in [0, 0.05) is 12.2 Å². The zero-order chi connectivity index (χ0) is 14.3. The minimum atomic E-state index is -0.942. The second-order valence-corrected chi connectivity index (χ2v) is 5.68. The number of carbonyl (C=O) groups excluding carboxylic acids is 1. The molecule has 0 spiro atoms. The van der Waals surface area contributed by atoms with Gasteiger partial charge in [0.05, 0.1) is 11.1 Å². The molecule has 0 saturated heterocycles. The number of anilines is 1. The van der Waals surface area contributed by atoms with E-state index in [1.807, 2.05) is 6.07 Å². The minimum absolute atomic E-state index is 0.0627. The Morgan fingerprint density at radius 1 is 1.25 bits per heavy atom. The molecule has 0 atom stereocenters. The Hall–Kier alpha value is -1.88. The van der Waals surface area contributed by atoms with E-state index in [0.717, 1.165) is 36.9 Å². The van der Waals surface area contributed by atoms with Gasteiger partial charge >= 0.3 is 5.97 Å². The summed E-state index contributed by atoms with van der Waals surface area (Å²) >= 11 is 0. The molecule has 1 aliphatic heterocycles. The number of carbonyl (C=O) groups is 2. The smallest absolute Gasteiger partial charge is 0.336 e. The molecule has 1 fully saturated rings. The van der Waals surface area contributed by atoms with Gasteiger partial charge < -0.3 is 15.7 Å². The molecule has 0 aromatic heterocycles. The van der Waals surface area contributed by atoms with Crippen molar-refractivity contribution in [1.82, 2.24) is 0 Å². The molecular weight excluding hydrogens is 256 g/mol. The lowest BCUT2D eigenvalue weighted by Crippen LogP contribution is -2.60. The van der Waals surface area contributed by atoms with E-state index >= 15 is 0 Å². The van der Waals surface area contributed by atoms with Gasteiger partial charge in [-0.25, -0.2) is 4.79 Å². The number of rotatable bonds is 2. The summed E-state index contributed by atoms with van der Waals surface area (Å²) in [5.41, 5.74) is 7.15. The highest BCUT2D eigenvalue weighted by atomic mass is 16.4. The first kappa shape index (κ1) is 13.1.